The summed E-state index contributed by atoms with van der Waals surface area (Å²) in [6, 6.07) is 6.34. The molecule has 0 aromatic heterocycles. The fraction of sp³-hybridized carbons (Fsp3) is 0.273. The molecule has 0 unspecified atom stereocenters. The van der Waals surface area contributed by atoms with E-state index in [1.807, 2.05) is 0 Å². The van der Waals surface area contributed by atoms with Crippen LogP contribution in [0, 0.1) is 0 Å². The molecule has 0 amide bonds. The molecule has 0 aliphatic carbocycles. The minimum atomic E-state index is -1.27. The summed E-state index contributed by atoms with van der Waals surface area (Å²) < 4.78 is 4.86. The van der Waals surface area contributed by atoms with E-state index < -0.39 is 12.6 Å². The molecule has 0 heterocycles. The fourth-order valence-electron chi connectivity index (χ4n) is 1.08. The van der Waals surface area contributed by atoms with E-state index in [1.54, 1.807) is 31.2 Å². The van der Waals surface area contributed by atoms with E-state index in [9.17, 15) is 14.7 Å². The molecular formula is C11H11O4-. The maximum atomic E-state index is 11.2. The van der Waals surface area contributed by atoms with Gasteiger partial charge in [0.15, 0.2) is 5.78 Å². The molecule has 4 heteroatoms. The summed E-state index contributed by atoms with van der Waals surface area (Å²) in [5, 5.41) is 10.1. The lowest BCUT2D eigenvalue weighted by Crippen LogP contribution is -2.28. The van der Waals surface area contributed by atoms with Gasteiger partial charge in [0.2, 0.25) is 0 Å². The Kier molecular flexibility index (Phi) is 3.85. The van der Waals surface area contributed by atoms with Gasteiger partial charge in [-0.25, -0.2) is 0 Å². The molecule has 1 aromatic carbocycles. The van der Waals surface area contributed by atoms with Gasteiger partial charge in [0.05, 0.1) is 5.97 Å². The predicted molar refractivity (Wildman–Crippen MR) is 51.6 cm³/mol. The molecule has 0 atom stereocenters. The summed E-state index contributed by atoms with van der Waals surface area (Å²) in [6.07, 6.45) is 0.444. The second-order valence-electron chi connectivity index (χ2n) is 2.96. The van der Waals surface area contributed by atoms with Gasteiger partial charge in [-0.3, -0.25) is 4.79 Å². The van der Waals surface area contributed by atoms with Gasteiger partial charge in [0, 0.05) is 12.0 Å². The van der Waals surface area contributed by atoms with Crippen LogP contribution in [0.25, 0.3) is 0 Å². The molecule has 0 radical (unpaired) electrons. The summed E-state index contributed by atoms with van der Waals surface area (Å²) in [5.41, 5.74) is 0.596. The first-order valence-corrected chi connectivity index (χ1v) is 4.59. The van der Waals surface area contributed by atoms with Crippen LogP contribution in [0.5, 0.6) is 5.75 Å². The van der Waals surface area contributed by atoms with Gasteiger partial charge in [0.1, 0.15) is 12.4 Å². The summed E-state index contributed by atoms with van der Waals surface area (Å²) in [5.74, 6) is -0.822. The molecule has 0 saturated carbocycles. The van der Waals surface area contributed by atoms with Crippen LogP contribution in [0.2, 0.25) is 0 Å². The second kappa shape index (κ2) is 5.14. The highest BCUT2D eigenvalue weighted by Gasteiger charge is 2.02. The highest BCUT2D eigenvalue weighted by molar-refractivity contribution is 5.95. The van der Waals surface area contributed by atoms with Crippen LogP contribution >= 0.6 is 0 Å². The highest BCUT2D eigenvalue weighted by Crippen LogP contribution is 2.13. The van der Waals surface area contributed by atoms with Crippen molar-refractivity contribution in [2.24, 2.45) is 0 Å². The molecule has 80 valence electrons. The number of hydrogen-bond donors (Lipinski definition) is 0. The average Bonchev–Trinajstić information content (AvgIpc) is 2.26. The molecule has 15 heavy (non-hydrogen) atoms. The van der Waals surface area contributed by atoms with Crippen LogP contribution in [0.1, 0.15) is 23.7 Å². The Hall–Kier alpha value is -1.84. The number of carboxylic acid groups (broad SMARTS) is 1. The lowest BCUT2D eigenvalue weighted by Gasteiger charge is -2.06. The van der Waals surface area contributed by atoms with Gasteiger partial charge in [0.25, 0.3) is 0 Å². The molecule has 1 rings (SSSR count). The predicted octanol–water partition coefficient (Wildman–Crippen LogP) is 0.408. The van der Waals surface area contributed by atoms with E-state index >= 15 is 0 Å². The van der Waals surface area contributed by atoms with Crippen LogP contribution in [-0.4, -0.2) is 18.4 Å². The minimum Gasteiger partial charge on any atom is -0.546 e. The normalized spacial score (nSPS) is 9.67. The van der Waals surface area contributed by atoms with Gasteiger partial charge in [-0.05, 0) is 24.3 Å². The van der Waals surface area contributed by atoms with Gasteiger partial charge in [-0.1, -0.05) is 6.92 Å². The summed E-state index contributed by atoms with van der Waals surface area (Å²) >= 11 is 0. The van der Waals surface area contributed by atoms with Crippen LogP contribution < -0.4 is 9.84 Å². The maximum absolute atomic E-state index is 11.2. The van der Waals surface area contributed by atoms with E-state index in [4.69, 9.17) is 4.74 Å². The van der Waals surface area contributed by atoms with Crippen molar-refractivity contribution in [1.29, 1.82) is 0 Å². The SMILES string of the molecule is CCC(=O)c1ccc(OCC(=O)[O-])cc1. The van der Waals surface area contributed by atoms with Crippen molar-refractivity contribution in [3.05, 3.63) is 29.8 Å². The van der Waals surface area contributed by atoms with Crippen molar-refractivity contribution in [3.63, 3.8) is 0 Å². The number of benzene rings is 1. The second-order valence-corrected chi connectivity index (χ2v) is 2.96. The van der Waals surface area contributed by atoms with E-state index in [-0.39, 0.29) is 5.78 Å². The molecule has 4 nitrogen and oxygen atoms in total. The van der Waals surface area contributed by atoms with Crippen molar-refractivity contribution in [1.82, 2.24) is 0 Å². The third kappa shape index (κ3) is 3.42. The first-order chi connectivity index (χ1) is 7.13. The number of hydrogen-bond acceptors (Lipinski definition) is 4. The van der Waals surface area contributed by atoms with Gasteiger partial charge in [-0.2, -0.15) is 0 Å². The van der Waals surface area contributed by atoms with Gasteiger partial charge >= 0.3 is 0 Å². The third-order valence-corrected chi connectivity index (χ3v) is 1.85. The Morgan fingerprint density at radius 2 is 1.87 bits per heavy atom. The van der Waals surface area contributed by atoms with E-state index in [1.165, 1.54) is 0 Å². The summed E-state index contributed by atoms with van der Waals surface area (Å²) in [7, 11) is 0. The molecular weight excluding hydrogens is 196 g/mol. The average molecular weight is 207 g/mol. The smallest absolute Gasteiger partial charge is 0.162 e. The Morgan fingerprint density at radius 1 is 1.27 bits per heavy atom. The van der Waals surface area contributed by atoms with Crippen molar-refractivity contribution in [2.75, 3.05) is 6.61 Å². The third-order valence-electron chi connectivity index (χ3n) is 1.85. The zero-order valence-corrected chi connectivity index (χ0v) is 8.36. The largest absolute Gasteiger partial charge is 0.546 e. The van der Waals surface area contributed by atoms with Gasteiger partial charge in [-0.15, -0.1) is 0 Å². The summed E-state index contributed by atoms with van der Waals surface area (Å²) in [6.45, 7) is 1.30. The summed E-state index contributed by atoms with van der Waals surface area (Å²) in [4.78, 5) is 21.3. The van der Waals surface area contributed by atoms with Crippen LogP contribution in [-0.2, 0) is 4.79 Å². The molecule has 0 aliphatic heterocycles. The number of carbonyl (C=O) groups is 2. The number of Topliss-reactive ketones (excluding diaryl/α,β-unsaturated/α-hetero) is 1. The van der Waals surface area contributed by atoms with Gasteiger partial charge < -0.3 is 14.6 Å². The molecule has 0 saturated heterocycles. The number of ether oxygens (including phenoxy) is 1. The maximum Gasteiger partial charge on any atom is 0.162 e. The molecule has 0 spiro atoms. The zero-order valence-electron chi connectivity index (χ0n) is 8.36. The van der Waals surface area contributed by atoms with E-state index in [0.29, 0.717) is 17.7 Å². The van der Waals surface area contributed by atoms with Crippen LogP contribution in [0.4, 0.5) is 0 Å². The molecule has 0 aliphatic rings. The van der Waals surface area contributed by atoms with Crippen molar-refractivity contribution < 1.29 is 19.4 Å². The number of rotatable bonds is 5. The van der Waals surface area contributed by atoms with Crippen molar-refractivity contribution >= 4 is 11.8 Å². The molecule has 0 fully saturated rings. The Labute approximate surface area is 87.5 Å². The number of ketones is 1. The minimum absolute atomic E-state index is 0.0430. The number of carboxylic acids is 1. The molecule has 0 bridgehead atoms. The Bertz CT molecular complexity index is 353. The monoisotopic (exact) mass is 207 g/mol. The quantitative estimate of drug-likeness (QED) is 0.656. The standard InChI is InChI=1S/C11H12O4/c1-2-10(12)8-3-5-9(6-4-8)15-7-11(13)14/h3-6H,2,7H2,1H3,(H,13,14)/p-1. The Balaban J connectivity index is 2.64. The van der Waals surface area contributed by atoms with Crippen LogP contribution in [0.15, 0.2) is 24.3 Å². The zero-order chi connectivity index (χ0) is 11.3. The first kappa shape index (κ1) is 11.2. The van der Waals surface area contributed by atoms with E-state index in [2.05, 4.69) is 0 Å². The lowest BCUT2D eigenvalue weighted by molar-refractivity contribution is -0.307. The highest BCUT2D eigenvalue weighted by atomic mass is 16.5. The topological polar surface area (TPSA) is 66.4 Å². The number of aliphatic carboxylic acids is 1. The molecule has 1 aromatic rings. The number of carbonyl (C=O) groups excluding carboxylic acids is 2. The van der Waals surface area contributed by atoms with Crippen molar-refractivity contribution in [2.45, 2.75) is 13.3 Å². The molecule has 0 N–H and O–H groups in total. The van der Waals surface area contributed by atoms with Crippen molar-refractivity contribution in [3.8, 4) is 5.75 Å². The lowest BCUT2D eigenvalue weighted by atomic mass is 10.1. The van der Waals surface area contributed by atoms with E-state index in [0.717, 1.165) is 0 Å². The van der Waals surface area contributed by atoms with Crippen LogP contribution in [0.3, 0.4) is 0 Å². The fourth-order valence-corrected chi connectivity index (χ4v) is 1.08. The Morgan fingerprint density at radius 3 is 2.33 bits per heavy atom. The first-order valence-electron chi connectivity index (χ1n) is 4.59.